The van der Waals surface area contributed by atoms with Crippen LogP contribution >= 0.6 is 11.3 Å². The first kappa shape index (κ1) is 13.7. The van der Waals surface area contributed by atoms with Crippen molar-refractivity contribution in [3.63, 3.8) is 0 Å². The summed E-state index contributed by atoms with van der Waals surface area (Å²) in [5.41, 5.74) is 4.43. The molecule has 0 aromatic carbocycles. The molecular weight excluding hydrogens is 268 g/mol. The van der Waals surface area contributed by atoms with E-state index >= 15 is 0 Å². The Morgan fingerprint density at radius 1 is 1.10 bits per heavy atom. The van der Waals surface area contributed by atoms with E-state index in [4.69, 9.17) is 0 Å². The van der Waals surface area contributed by atoms with Gasteiger partial charge >= 0.3 is 0 Å². The molecule has 106 valence electrons. The fourth-order valence-electron chi connectivity index (χ4n) is 2.64. The van der Waals surface area contributed by atoms with E-state index in [9.17, 15) is 0 Å². The van der Waals surface area contributed by atoms with Crippen LogP contribution in [0.2, 0.25) is 0 Å². The summed E-state index contributed by atoms with van der Waals surface area (Å²) in [5, 5.41) is 2.15. The highest BCUT2D eigenvalue weighted by Crippen LogP contribution is 2.11. The van der Waals surface area contributed by atoms with Crippen LogP contribution in [0.3, 0.4) is 0 Å². The lowest BCUT2D eigenvalue weighted by Crippen LogP contribution is -2.30. The largest absolute Gasteiger partial charge is 0.298 e. The Kier molecular flexibility index (Phi) is 4.73. The Labute approximate surface area is 124 Å². The molecule has 0 radical (unpaired) electrons. The number of hydrogen-bond donors (Lipinski definition) is 0. The van der Waals surface area contributed by atoms with Gasteiger partial charge in [0.15, 0.2) is 0 Å². The smallest absolute Gasteiger partial charge is 0.0795 e. The summed E-state index contributed by atoms with van der Waals surface area (Å²) in [6.45, 7) is 6.59. The van der Waals surface area contributed by atoms with Gasteiger partial charge in [0.25, 0.3) is 0 Å². The van der Waals surface area contributed by atoms with Crippen LogP contribution in [-0.2, 0) is 13.1 Å². The first-order valence-electron chi connectivity index (χ1n) is 7.11. The van der Waals surface area contributed by atoms with E-state index in [1.165, 1.54) is 30.8 Å². The van der Waals surface area contributed by atoms with Crippen molar-refractivity contribution in [1.82, 2.24) is 19.8 Å². The Morgan fingerprint density at radius 3 is 2.65 bits per heavy atom. The van der Waals surface area contributed by atoms with E-state index < -0.39 is 0 Å². The lowest BCUT2D eigenvalue weighted by molar-refractivity contribution is 0.245. The molecule has 2 aromatic rings. The highest BCUT2D eigenvalue weighted by Gasteiger charge is 2.15. The Bertz CT molecular complexity index is 500. The normalized spacial score (nSPS) is 18.0. The molecule has 0 bridgehead atoms. The monoisotopic (exact) mass is 288 g/mol. The van der Waals surface area contributed by atoms with Gasteiger partial charge < -0.3 is 0 Å². The van der Waals surface area contributed by atoms with E-state index in [2.05, 4.69) is 31.2 Å². The fraction of sp³-hybridized carbons (Fsp3) is 0.467. The predicted molar refractivity (Wildman–Crippen MR) is 81.5 cm³/mol. The van der Waals surface area contributed by atoms with Gasteiger partial charge in [0, 0.05) is 44.0 Å². The summed E-state index contributed by atoms with van der Waals surface area (Å²) >= 11 is 1.68. The maximum Gasteiger partial charge on any atom is 0.0795 e. The number of nitrogens with zero attached hydrogens (tertiary/aromatic N) is 4. The topological polar surface area (TPSA) is 32.3 Å². The second-order valence-electron chi connectivity index (χ2n) is 5.25. The summed E-state index contributed by atoms with van der Waals surface area (Å²) in [4.78, 5) is 13.6. The molecule has 3 rings (SSSR count). The third kappa shape index (κ3) is 3.85. The number of hydrogen-bond acceptors (Lipinski definition) is 5. The molecule has 0 spiro atoms. The zero-order chi connectivity index (χ0) is 13.6. The molecule has 5 heteroatoms. The standard InChI is InChI=1S/C15H20N4S/c1-3-14(9-16-4-1)10-18-5-2-6-19(8-7-18)11-15-12-20-13-17-15/h1,3-4,9,12-13H,2,5-8,10-11H2. The molecule has 0 N–H and O–H groups in total. The first-order chi connectivity index (χ1) is 9.90. The zero-order valence-electron chi connectivity index (χ0n) is 11.6. The van der Waals surface area contributed by atoms with E-state index in [-0.39, 0.29) is 0 Å². The van der Waals surface area contributed by atoms with Gasteiger partial charge in [-0.3, -0.25) is 14.8 Å². The van der Waals surface area contributed by atoms with Crippen LogP contribution in [0.4, 0.5) is 0 Å². The summed E-state index contributed by atoms with van der Waals surface area (Å²) in [6, 6.07) is 4.17. The third-order valence-electron chi connectivity index (χ3n) is 3.68. The van der Waals surface area contributed by atoms with Crippen molar-refractivity contribution in [3.8, 4) is 0 Å². The van der Waals surface area contributed by atoms with Crippen LogP contribution in [0.1, 0.15) is 17.7 Å². The molecule has 4 nitrogen and oxygen atoms in total. The zero-order valence-corrected chi connectivity index (χ0v) is 12.4. The molecule has 20 heavy (non-hydrogen) atoms. The second-order valence-corrected chi connectivity index (χ2v) is 5.97. The minimum atomic E-state index is 0.990. The highest BCUT2D eigenvalue weighted by molar-refractivity contribution is 7.07. The van der Waals surface area contributed by atoms with Gasteiger partial charge in [-0.1, -0.05) is 6.07 Å². The molecule has 0 amide bonds. The lowest BCUT2D eigenvalue weighted by Gasteiger charge is -2.21. The summed E-state index contributed by atoms with van der Waals surface area (Å²) < 4.78 is 0. The number of thiazole rings is 1. The van der Waals surface area contributed by atoms with Gasteiger partial charge in [-0.2, -0.15) is 0 Å². The maximum absolute atomic E-state index is 4.38. The number of rotatable bonds is 4. The number of pyridine rings is 1. The van der Waals surface area contributed by atoms with Crippen molar-refractivity contribution >= 4 is 11.3 Å². The minimum absolute atomic E-state index is 0.990. The van der Waals surface area contributed by atoms with Crippen LogP contribution < -0.4 is 0 Å². The van der Waals surface area contributed by atoms with Crippen molar-refractivity contribution in [2.24, 2.45) is 0 Å². The molecule has 0 atom stereocenters. The molecule has 1 fully saturated rings. The molecule has 0 saturated carbocycles. The Hall–Kier alpha value is -1.30. The quantitative estimate of drug-likeness (QED) is 0.864. The SMILES string of the molecule is c1cncc(CN2CCCN(Cc3cscn3)CC2)c1. The summed E-state index contributed by atoms with van der Waals surface area (Å²) in [5.74, 6) is 0. The van der Waals surface area contributed by atoms with Crippen LogP contribution in [0.25, 0.3) is 0 Å². The van der Waals surface area contributed by atoms with Crippen molar-refractivity contribution < 1.29 is 0 Å². The Morgan fingerprint density at radius 2 is 1.95 bits per heavy atom. The van der Waals surface area contributed by atoms with E-state index in [0.717, 1.165) is 26.2 Å². The number of aromatic nitrogens is 2. The molecular formula is C15H20N4S. The van der Waals surface area contributed by atoms with Crippen LogP contribution in [-0.4, -0.2) is 45.9 Å². The van der Waals surface area contributed by atoms with Crippen molar-refractivity contribution in [1.29, 1.82) is 0 Å². The minimum Gasteiger partial charge on any atom is -0.298 e. The first-order valence-corrected chi connectivity index (χ1v) is 8.05. The van der Waals surface area contributed by atoms with Gasteiger partial charge in [-0.15, -0.1) is 11.3 Å². The maximum atomic E-state index is 4.38. The van der Waals surface area contributed by atoms with Crippen molar-refractivity contribution in [3.05, 3.63) is 46.7 Å². The van der Waals surface area contributed by atoms with Crippen LogP contribution in [0, 0.1) is 0 Å². The molecule has 1 aliphatic heterocycles. The van der Waals surface area contributed by atoms with Gasteiger partial charge in [0.05, 0.1) is 11.2 Å². The van der Waals surface area contributed by atoms with Gasteiger partial charge in [0.2, 0.25) is 0 Å². The van der Waals surface area contributed by atoms with Gasteiger partial charge in [-0.25, -0.2) is 4.98 Å². The van der Waals surface area contributed by atoms with Crippen LogP contribution in [0.5, 0.6) is 0 Å². The van der Waals surface area contributed by atoms with Crippen LogP contribution in [0.15, 0.2) is 35.4 Å². The third-order valence-corrected chi connectivity index (χ3v) is 4.31. The van der Waals surface area contributed by atoms with Crippen molar-refractivity contribution in [2.45, 2.75) is 19.5 Å². The average molecular weight is 288 g/mol. The predicted octanol–water partition coefficient (Wildman–Crippen LogP) is 2.25. The molecule has 0 aliphatic carbocycles. The van der Waals surface area contributed by atoms with Gasteiger partial charge in [0.1, 0.15) is 0 Å². The average Bonchev–Trinajstić information content (AvgIpc) is 2.88. The second kappa shape index (κ2) is 6.92. The van der Waals surface area contributed by atoms with Crippen molar-refractivity contribution in [2.75, 3.05) is 26.2 Å². The van der Waals surface area contributed by atoms with E-state index in [1.54, 1.807) is 11.3 Å². The van der Waals surface area contributed by atoms with E-state index in [1.807, 2.05) is 24.0 Å². The lowest BCUT2D eigenvalue weighted by atomic mass is 10.2. The molecule has 1 saturated heterocycles. The summed E-state index contributed by atoms with van der Waals surface area (Å²) in [7, 11) is 0. The molecule has 1 aliphatic rings. The fourth-order valence-corrected chi connectivity index (χ4v) is 3.18. The highest BCUT2D eigenvalue weighted by atomic mass is 32.1. The Balaban J connectivity index is 1.51. The summed E-state index contributed by atoms with van der Waals surface area (Å²) in [6.07, 6.45) is 5.03. The molecule has 3 heterocycles. The molecule has 0 unspecified atom stereocenters. The molecule has 2 aromatic heterocycles. The van der Waals surface area contributed by atoms with E-state index in [0.29, 0.717) is 0 Å². The van der Waals surface area contributed by atoms with Gasteiger partial charge in [-0.05, 0) is 31.1 Å².